The number of rotatable bonds is 6. The Labute approximate surface area is 113 Å². The van der Waals surface area contributed by atoms with Crippen molar-refractivity contribution >= 4 is 5.78 Å². The molecule has 0 aliphatic rings. The van der Waals surface area contributed by atoms with E-state index in [1.165, 1.54) is 7.11 Å². The summed E-state index contributed by atoms with van der Waals surface area (Å²) in [6, 6.07) is 1.19. The van der Waals surface area contributed by atoms with E-state index >= 15 is 0 Å². The van der Waals surface area contributed by atoms with Crippen molar-refractivity contribution in [2.45, 2.75) is 25.1 Å². The first-order valence-electron chi connectivity index (χ1n) is 5.93. The summed E-state index contributed by atoms with van der Waals surface area (Å²) in [6.07, 6.45) is -4.05. The smallest absolute Gasteiger partial charge is 0.385 e. The Balaban J connectivity index is 2.89. The van der Waals surface area contributed by atoms with Crippen LogP contribution in [0.1, 0.15) is 28.8 Å². The molecule has 0 radical (unpaired) electrons. The van der Waals surface area contributed by atoms with Crippen molar-refractivity contribution in [2.75, 3.05) is 13.7 Å². The van der Waals surface area contributed by atoms with Crippen LogP contribution in [0.15, 0.2) is 18.2 Å². The number of alkyl halides is 3. The topological polar surface area (TPSA) is 52.3 Å². The average Bonchev–Trinajstić information content (AvgIpc) is 2.37. The lowest BCUT2D eigenvalue weighted by atomic mass is 9.99. The molecule has 0 heterocycles. The molecule has 1 unspecified atom stereocenters. The molecule has 0 aromatic heterocycles. The maximum Gasteiger partial charge on any atom is 0.419 e. The minimum atomic E-state index is -4.85. The molecule has 1 aromatic rings. The molecule has 1 atom stereocenters. The maximum atomic E-state index is 13.1. The SMILES string of the molecule is COCCCC(N)C(=O)c1ccc(F)c(C(F)(F)F)c1. The first-order valence-corrected chi connectivity index (χ1v) is 5.93. The number of methoxy groups -OCH3 is 1. The van der Waals surface area contributed by atoms with E-state index in [-0.39, 0.29) is 12.0 Å². The van der Waals surface area contributed by atoms with E-state index in [2.05, 4.69) is 0 Å². The molecule has 2 N–H and O–H groups in total. The van der Waals surface area contributed by atoms with E-state index in [0.29, 0.717) is 25.2 Å². The fourth-order valence-corrected chi connectivity index (χ4v) is 1.69. The molecular weight excluding hydrogens is 278 g/mol. The van der Waals surface area contributed by atoms with Crippen LogP contribution in [0.2, 0.25) is 0 Å². The van der Waals surface area contributed by atoms with Gasteiger partial charge in [0.25, 0.3) is 0 Å². The normalized spacial score (nSPS) is 13.3. The molecular formula is C13H15F4NO2. The molecule has 0 amide bonds. The van der Waals surface area contributed by atoms with Gasteiger partial charge in [-0.05, 0) is 31.0 Å². The van der Waals surface area contributed by atoms with E-state index in [1.807, 2.05) is 0 Å². The Morgan fingerprint density at radius 1 is 1.40 bits per heavy atom. The van der Waals surface area contributed by atoms with Crippen LogP contribution < -0.4 is 5.73 Å². The van der Waals surface area contributed by atoms with Gasteiger partial charge in [-0.15, -0.1) is 0 Å². The second-order valence-corrected chi connectivity index (χ2v) is 4.30. The summed E-state index contributed by atoms with van der Waals surface area (Å²) in [6.45, 7) is 0.401. The number of Topliss-reactive ketones (excluding diaryl/α,β-unsaturated/α-hetero) is 1. The zero-order valence-electron chi connectivity index (χ0n) is 10.8. The predicted octanol–water partition coefficient (Wildman–Crippen LogP) is 2.78. The van der Waals surface area contributed by atoms with Crippen LogP contribution in [0.4, 0.5) is 17.6 Å². The van der Waals surface area contributed by atoms with Gasteiger partial charge in [-0.3, -0.25) is 4.79 Å². The molecule has 0 fully saturated rings. The van der Waals surface area contributed by atoms with Gasteiger partial charge in [0.1, 0.15) is 5.82 Å². The Kier molecular flexibility index (Phi) is 5.64. The predicted molar refractivity (Wildman–Crippen MR) is 64.8 cm³/mol. The second kappa shape index (κ2) is 6.81. The lowest BCUT2D eigenvalue weighted by Gasteiger charge is -2.13. The van der Waals surface area contributed by atoms with E-state index in [4.69, 9.17) is 10.5 Å². The number of carbonyl (C=O) groups is 1. The van der Waals surface area contributed by atoms with Crippen molar-refractivity contribution in [3.63, 3.8) is 0 Å². The monoisotopic (exact) mass is 293 g/mol. The molecule has 0 aliphatic heterocycles. The third-order valence-corrected chi connectivity index (χ3v) is 2.76. The van der Waals surface area contributed by atoms with E-state index in [1.54, 1.807) is 0 Å². The van der Waals surface area contributed by atoms with Crippen LogP contribution in [0.5, 0.6) is 0 Å². The number of hydrogen-bond donors (Lipinski definition) is 1. The Hall–Kier alpha value is -1.47. The Morgan fingerprint density at radius 2 is 2.05 bits per heavy atom. The van der Waals surface area contributed by atoms with Crippen LogP contribution in [-0.2, 0) is 10.9 Å². The van der Waals surface area contributed by atoms with Gasteiger partial charge < -0.3 is 10.5 Å². The quantitative estimate of drug-likeness (QED) is 0.498. The summed E-state index contributed by atoms with van der Waals surface area (Å²) in [4.78, 5) is 11.9. The number of ether oxygens (including phenoxy) is 1. The van der Waals surface area contributed by atoms with Crippen molar-refractivity contribution in [2.24, 2.45) is 5.73 Å². The molecule has 0 bridgehead atoms. The summed E-state index contributed by atoms with van der Waals surface area (Å²) >= 11 is 0. The van der Waals surface area contributed by atoms with E-state index in [9.17, 15) is 22.4 Å². The number of ketones is 1. The molecule has 20 heavy (non-hydrogen) atoms. The van der Waals surface area contributed by atoms with Crippen molar-refractivity contribution < 1.29 is 27.1 Å². The van der Waals surface area contributed by atoms with E-state index < -0.39 is 29.4 Å². The standard InChI is InChI=1S/C13H15F4NO2/c1-20-6-2-3-11(18)12(19)8-4-5-10(14)9(7-8)13(15,16)17/h4-5,7,11H,2-3,6,18H2,1H3. The van der Waals surface area contributed by atoms with Gasteiger partial charge in [0.15, 0.2) is 5.78 Å². The molecule has 1 rings (SSSR count). The zero-order valence-corrected chi connectivity index (χ0v) is 10.8. The minimum absolute atomic E-state index is 0.247. The number of hydrogen-bond acceptors (Lipinski definition) is 3. The first-order chi connectivity index (χ1) is 9.27. The number of benzene rings is 1. The summed E-state index contributed by atoms with van der Waals surface area (Å²) in [5.41, 5.74) is 3.90. The number of nitrogens with two attached hydrogens (primary N) is 1. The molecule has 0 saturated heterocycles. The summed E-state index contributed by atoms with van der Waals surface area (Å²) in [5, 5.41) is 0. The Bertz CT molecular complexity index is 474. The van der Waals surface area contributed by atoms with Gasteiger partial charge in [-0.1, -0.05) is 0 Å². The molecule has 0 aliphatic carbocycles. The minimum Gasteiger partial charge on any atom is -0.385 e. The zero-order chi connectivity index (χ0) is 15.3. The highest BCUT2D eigenvalue weighted by molar-refractivity contribution is 6.00. The number of carbonyl (C=O) groups excluding carboxylic acids is 1. The van der Waals surface area contributed by atoms with Gasteiger partial charge in [-0.2, -0.15) is 13.2 Å². The third-order valence-electron chi connectivity index (χ3n) is 2.76. The molecule has 112 valence electrons. The molecule has 7 heteroatoms. The number of halogens is 4. The highest BCUT2D eigenvalue weighted by Gasteiger charge is 2.35. The summed E-state index contributed by atoms with van der Waals surface area (Å²) < 4.78 is 55.5. The molecule has 1 aromatic carbocycles. The average molecular weight is 293 g/mol. The van der Waals surface area contributed by atoms with Crippen molar-refractivity contribution in [1.82, 2.24) is 0 Å². The first kappa shape index (κ1) is 16.6. The van der Waals surface area contributed by atoms with Gasteiger partial charge in [0.05, 0.1) is 11.6 Å². The maximum absolute atomic E-state index is 13.1. The summed E-state index contributed by atoms with van der Waals surface area (Å²) in [5.74, 6) is -2.06. The molecule has 3 nitrogen and oxygen atoms in total. The van der Waals surface area contributed by atoms with Gasteiger partial charge in [0, 0.05) is 19.3 Å². The largest absolute Gasteiger partial charge is 0.419 e. The van der Waals surface area contributed by atoms with Crippen LogP contribution >= 0.6 is 0 Å². The summed E-state index contributed by atoms with van der Waals surface area (Å²) in [7, 11) is 1.49. The second-order valence-electron chi connectivity index (χ2n) is 4.30. The lowest BCUT2D eigenvalue weighted by molar-refractivity contribution is -0.140. The van der Waals surface area contributed by atoms with Crippen molar-refractivity contribution in [3.8, 4) is 0 Å². The fraction of sp³-hybridized carbons (Fsp3) is 0.462. The van der Waals surface area contributed by atoms with Crippen LogP contribution in [0.3, 0.4) is 0 Å². The Morgan fingerprint density at radius 3 is 2.60 bits per heavy atom. The third kappa shape index (κ3) is 4.28. The van der Waals surface area contributed by atoms with Crippen LogP contribution in [0.25, 0.3) is 0 Å². The van der Waals surface area contributed by atoms with Gasteiger partial charge >= 0.3 is 6.18 Å². The lowest BCUT2D eigenvalue weighted by Crippen LogP contribution is -2.31. The van der Waals surface area contributed by atoms with Crippen molar-refractivity contribution in [1.29, 1.82) is 0 Å². The highest BCUT2D eigenvalue weighted by Crippen LogP contribution is 2.32. The van der Waals surface area contributed by atoms with Crippen LogP contribution in [-0.4, -0.2) is 25.5 Å². The highest BCUT2D eigenvalue weighted by atomic mass is 19.4. The van der Waals surface area contributed by atoms with Gasteiger partial charge in [0.2, 0.25) is 0 Å². The van der Waals surface area contributed by atoms with E-state index in [0.717, 1.165) is 6.07 Å². The van der Waals surface area contributed by atoms with Gasteiger partial charge in [-0.25, -0.2) is 4.39 Å². The fourth-order valence-electron chi connectivity index (χ4n) is 1.69. The van der Waals surface area contributed by atoms with Crippen molar-refractivity contribution in [3.05, 3.63) is 35.1 Å². The molecule has 0 spiro atoms. The molecule has 0 saturated carbocycles. The van der Waals surface area contributed by atoms with Crippen LogP contribution in [0, 0.1) is 5.82 Å².